The van der Waals surface area contributed by atoms with Crippen LogP contribution < -0.4 is 5.32 Å². The van der Waals surface area contributed by atoms with Crippen LogP contribution in [0.2, 0.25) is 0 Å². The molecule has 1 fully saturated rings. The van der Waals surface area contributed by atoms with E-state index in [0.717, 1.165) is 0 Å². The van der Waals surface area contributed by atoms with E-state index < -0.39 is 11.8 Å². The highest BCUT2D eigenvalue weighted by Crippen LogP contribution is 2.15. The number of hydrogen-bond acceptors (Lipinski definition) is 3. The Labute approximate surface area is 100 Å². The van der Waals surface area contributed by atoms with Crippen LogP contribution in [-0.2, 0) is 4.74 Å². The summed E-state index contributed by atoms with van der Waals surface area (Å²) in [5, 5.41) is 2.21. The topological polar surface area (TPSA) is 58.6 Å². The molecule has 0 unspecified atom stereocenters. The number of ether oxygens (including phenoxy) is 1. The largest absolute Gasteiger partial charge is 0.444 e. The summed E-state index contributed by atoms with van der Waals surface area (Å²) < 4.78 is 17.3. The van der Waals surface area contributed by atoms with E-state index in [2.05, 4.69) is 5.32 Å². The summed E-state index contributed by atoms with van der Waals surface area (Å²) in [7, 11) is 0. The highest BCUT2D eigenvalue weighted by molar-refractivity contribution is 5.68. The van der Waals surface area contributed by atoms with Crippen molar-refractivity contribution < 1.29 is 18.7 Å². The maximum Gasteiger partial charge on any atom is 0.410 e. The van der Waals surface area contributed by atoms with Crippen molar-refractivity contribution in [2.24, 2.45) is 0 Å². The van der Waals surface area contributed by atoms with Gasteiger partial charge in [-0.1, -0.05) is 0 Å². The maximum atomic E-state index is 12.1. The van der Waals surface area contributed by atoms with Gasteiger partial charge in [-0.05, 0) is 33.6 Å². The Morgan fingerprint density at radius 3 is 2.24 bits per heavy atom. The van der Waals surface area contributed by atoms with Gasteiger partial charge >= 0.3 is 12.3 Å². The first-order chi connectivity index (χ1) is 7.78. The SMILES string of the molecule is CC(C)(C)OC(=O)N1CCC(NC(=O)F)CC1. The average Bonchev–Trinajstić information content (AvgIpc) is 2.15. The standard InChI is InChI=1S/C11H19FN2O3/c1-11(2,3)17-10(16)14-6-4-8(5-7-14)13-9(12)15/h8H,4-7H2,1-3H3,(H,13,15). The smallest absolute Gasteiger partial charge is 0.410 e. The first kappa shape index (κ1) is 13.7. The van der Waals surface area contributed by atoms with Gasteiger partial charge in [0.2, 0.25) is 0 Å². The predicted octanol–water partition coefficient (Wildman–Crippen LogP) is 2.06. The third kappa shape index (κ3) is 5.01. The molecular weight excluding hydrogens is 227 g/mol. The first-order valence-corrected chi connectivity index (χ1v) is 5.72. The van der Waals surface area contributed by atoms with Crippen molar-refractivity contribution in [1.29, 1.82) is 0 Å². The fourth-order valence-electron chi connectivity index (χ4n) is 1.69. The molecule has 0 aromatic carbocycles. The molecule has 1 rings (SSSR count). The van der Waals surface area contributed by atoms with E-state index in [0.29, 0.717) is 25.9 Å². The zero-order valence-corrected chi connectivity index (χ0v) is 10.5. The molecule has 0 radical (unpaired) electrons. The van der Waals surface area contributed by atoms with Gasteiger partial charge in [0.25, 0.3) is 0 Å². The molecule has 1 aliphatic heterocycles. The van der Waals surface area contributed by atoms with Crippen molar-refractivity contribution in [2.75, 3.05) is 13.1 Å². The number of rotatable bonds is 1. The number of carbonyl (C=O) groups is 2. The molecule has 1 aliphatic rings. The minimum Gasteiger partial charge on any atom is -0.444 e. The summed E-state index contributed by atoms with van der Waals surface area (Å²) in [6.45, 7) is 6.36. The Bertz CT molecular complexity index is 294. The Kier molecular flexibility index (Phi) is 4.31. The van der Waals surface area contributed by atoms with Gasteiger partial charge in [-0.25, -0.2) is 9.59 Å². The fraction of sp³-hybridized carbons (Fsp3) is 0.818. The molecule has 1 heterocycles. The van der Waals surface area contributed by atoms with Crippen LogP contribution in [0, 0.1) is 0 Å². The molecular formula is C11H19FN2O3. The van der Waals surface area contributed by atoms with Crippen LogP contribution in [0.1, 0.15) is 33.6 Å². The number of nitrogens with zero attached hydrogens (tertiary/aromatic N) is 1. The summed E-state index contributed by atoms with van der Waals surface area (Å²) in [5.74, 6) is 0. The van der Waals surface area contributed by atoms with E-state index in [4.69, 9.17) is 4.74 Å². The van der Waals surface area contributed by atoms with E-state index in [-0.39, 0.29) is 12.1 Å². The van der Waals surface area contributed by atoms with Crippen LogP contribution in [-0.4, -0.2) is 41.9 Å². The molecule has 6 heteroatoms. The predicted molar refractivity (Wildman–Crippen MR) is 60.5 cm³/mol. The second kappa shape index (κ2) is 5.33. The third-order valence-corrected chi connectivity index (χ3v) is 2.46. The zero-order chi connectivity index (χ0) is 13.1. The van der Waals surface area contributed by atoms with Crippen LogP contribution in [0.3, 0.4) is 0 Å². The Morgan fingerprint density at radius 2 is 1.82 bits per heavy atom. The molecule has 17 heavy (non-hydrogen) atoms. The van der Waals surface area contributed by atoms with Crippen LogP contribution in [0.4, 0.5) is 14.0 Å². The van der Waals surface area contributed by atoms with Crippen molar-refractivity contribution in [2.45, 2.75) is 45.3 Å². The van der Waals surface area contributed by atoms with Crippen molar-refractivity contribution in [3.05, 3.63) is 0 Å². The second-order valence-electron chi connectivity index (χ2n) is 5.16. The number of halogens is 1. The lowest BCUT2D eigenvalue weighted by Gasteiger charge is -2.33. The van der Waals surface area contributed by atoms with E-state index in [1.165, 1.54) is 0 Å². The number of nitrogens with one attached hydrogen (secondary N) is 1. The average molecular weight is 246 g/mol. The molecule has 98 valence electrons. The second-order valence-corrected chi connectivity index (χ2v) is 5.16. The van der Waals surface area contributed by atoms with Gasteiger partial charge in [0, 0.05) is 19.1 Å². The maximum absolute atomic E-state index is 12.1. The van der Waals surface area contributed by atoms with Crippen LogP contribution in [0.25, 0.3) is 0 Å². The molecule has 1 N–H and O–H groups in total. The summed E-state index contributed by atoms with van der Waals surface area (Å²) in [5.41, 5.74) is -0.513. The molecule has 0 aromatic rings. The number of amides is 2. The summed E-state index contributed by atoms with van der Waals surface area (Å²) >= 11 is 0. The Hall–Kier alpha value is -1.33. The van der Waals surface area contributed by atoms with Crippen LogP contribution >= 0.6 is 0 Å². The normalized spacial score (nSPS) is 17.8. The molecule has 1 saturated heterocycles. The summed E-state index contributed by atoms with van der Waals surface area (Å²) in [6.07, 6.45) is -0.771. The monoisotopic (exact) mass is 246 g/mol. The van der Waals surface area contributed by atoms with Gasteiger partial charge < -0.3 is 15.0 Å². The van der Waals surface area contributed by atoms with Gasteiger partial charge in [0.1, 0.15) is 5.60 Å². The molecule has 2 amide bonds. The highest BCUT2D eigenvalue weighted by Gasteiger charge is 2.27. The Balaban J connectivity index is 2.36. The van der Waals surface area contributed by atoms with Gasteiger partial charge in [-0.15, -0.1) is 4.39 Å². The van der Waals surface area contributed by atoms with E-state index in [9.17, 15) is 14.0 Å². The first-order valence-electron chi connectivity index (χ1n) is 5.72. The highest BCUT2D eigenvalue weighted by atomic mass is 19.1. The van der Waals surface area contributed by atoms with Crippen molar-refractivity contribution >= 4 is 12.3 Å². The molecule has 5 nitrogen and oxygen atoms in total. The lowest BCUT2D eigenvalue weighted by molar-refractivity contribution is 0.0201. The fourth-order valence-corrected chi connectivity index (χ4v) is 1.69. The van der Waals surface area contributed by atoms with Crippen molar-refractivity contribution in [1.82, 2.24) is 10.2 Å². The van der Waals surface area contributed by atoms with Gasteiger partial charge in [-0.3, -0.25) is 0 Å². The Morgan fingerprint density at radius 1 is 1.29 bits per heavy atom. The quantitative estimate of drug-likeness (QED) is 0.569. The van der Waals surface area contributed by atoms with Crippen molar-refractivity contribution in [3.8, 4) is 0 Å². The van der Waals surface area contributed by atoms with Gasteiger partial charge in [0.05, 0.1) is 0 Å². The van der Waals surface area contributed by atoms with Gasteiger partial charge in [-0.2, -0.15) is 0 Å². The lowest BCUT2D eigenvalue weighted by atomic mass is 10.1. The van der Waals surface area contributed by atoms with Gasteiger partial charge in [0.15, 0.2) is 0 Å². The minimum atomic E-state index is -1.51. The van der Waals surface area contributed by atoms with Crippen molar-refractivity contribution in [3.63, 3.8) is 0 Å². The minimum absolute atomic E-state index is 0.189. The van der Waals surface area contributed by atoms with E-state index >= 15 is 0 Å². The molecule has 0 aliphatic carbocycles. The zero-order valence-electron chi connectivity index (χ0n) is 10.5. The molecule has 0 saturated carbocycles. The summed E-state index contributed by atoms with van der Waals surface area (Å²) in [6, 6.07) is -0.189. The number of carbonyl (C=O) groups excluding carboxylic acids is 2. The van der Waals surface area contributed by atoms with Crippen LogP contribution in [0.15, 0.2) is 0 Å². The van der Waals surface area contributed by atoms with E-state index in [1.807, 2.05) is 0 Å². The number of hydrogen-bond donors (Lipinski definition) is 1. The lowest BCUT2D eigenvalue weighted by Crippen LogP contribution is -2.47. The number of piperidine rings is 1. The molecule has 0 spiro atoms. The van der Waals surface area contributed by atoms with E-state index in [1.54, 1.807) is 25.7 Å². The molecule has 0 atom stereocenters. The number of likely N-dealkylation sites (tertiary alicyclic amines) is 1. The summed E-state index contributed by atoms with van der Waals surface area (Å²) in [4.78, 5) is 23.5. The van der Waals surface area contributed by atoms with Crippen LogP contribution in [0.5, 0.6) is 0 Å². The molecule has 0 aromatic heterocycles. The third-order valence-electron chi connectivity index (χ3n) is 2.46. The molecule has 0 bridgehead atoms.